The van der Waals surface area contributed by atoms with E-state index in [1.165, 1.54) is 0 Å². The molecule has 0 aliphatic rings. The molecule has 1 nitrogen and oxygen atoms in total. The van der Waals surface area contributed by atoms with Crippen LogP contribution in [-0.4, -0.2) is 0 Å². The van der Waals surface area contributed by atoms with Crippen LogP contribution in [0.2, 0.25) is 0 Å². The van der Waals surface area contributed by atoms with E-state index >= 15 is 4.57 Å². The Morgan fingerprint density at radius 2 is 0.657 bits per heavy atom. The zero-order valence-electron chi connectivity index (χ0n) is 18.7. The maximum atomic E-state index is 15.2. The van der Waals surface area contributed by atoms with E-state index < -0.39 is 7.14 Å². The zero-order chi connectivity index (χ0) is 23.7. The fourth-order valence-electron chi connectivity index (χ4n) is 4.09. The van der Waals surface area contributed by atoms with Gasteiger partial charge < -0.3 is 4.57 Å². The van der Waals surface area contributed by atoms with Crippen LogP contribution in [0.15, 0.2) is 127 Å². The molecule has 0 atom stereocenters. The molecule has 0 aliphatic heterocycles. The standard InChI is InChI=1S/C30H21OPS3/c31-32(28-19-16-25(33-28)22-10-4-1-5-11-22,29-20-17-26(34-29)23-12-6-2-7-13-23)30-21-18-27(35-30)24-14-8-3-9-15-24/h1-21H. The molecule has 0 spiro atoms. The minimum Gasteiger partial charge on any atom is -0.306 e. The van der Waals surface area contributed by atoms with Crippen LogP contribution in [-0.2, 0) is 4.57 Å². The molecular weight excluding hydrogens is 504 g/mol. The van der Waals surface area contributed by atoms with Crippen LogP contribution in [0.4, 0.5) is 0 Å². The van der Waals surface area contributed by atoms with Gasteiger partial charge in [-0.25, -0.2) is 0 Å². The molecule has 5 heteroatoms. The van der Waals surface area contributed by atoms with Gasteiger partial charge in [-0.1, -0.05) is 91.0 Å². The average molecular weight is 525 g/mol. The number of thiophene rings is 3. The van der Waals surface area contributed by atoms with Crippen molar-refractivity contribution < 1.29 is 4.57 Å². The van der Waals surface area contributed by atoms with Gasteiger partial charge >= 0.3 is 0 Å². The third kappa shape index (κ3) is 4.28. The number of hydrogen-bond acceptors (Lipinski definition) is 4. The molecule has 0 unspecified atom stereocenters. The lowest BCUT2D eigenvalue weighted by molar-refractivity contribution is 0.593. The Morgan fingerprint density at radius 1 is 0.371 bits per heavy atom. The van der Waals surface area contributed by atoms with E-state index in [1.807, 2.05) is 54.6 Å². The Kier molecular flexibility index (Phi) is 6.13. The van der Waals surface area contributed by atoms with E-state index in [2.05, 4.69) is 72.8 Å². The molecule has 3 heterocycles. The Labute approximate surface area is 217 Å². The van der Waals surface area contributed by atoms with Crippen molar-refractivity contribution in [1.29, 1.82) is 0 Å². The molecule has 0 fully saturated rings. The monoisotopic (exact) mass is 524 g/mol. The predicted molar refractivity (Wildman–Crippen MR) is 156 cm³/mol. The SMILES string of the molecule is O=P(c1ccc(-c2ccccc2)s1)(c1ccc(-c2ccccc2)s1)c1ccc(-c2ccccc2)s1. The summed E-state index contributed by atoms with van der Waals surface area (Å²) in [6, 6.07) is 43.5. The van der Waals surface area contributed by atoms with Crippen LogP contribution in [0.3, 0.4) is 0 Å². The summed E-state index contributed by atoms with van der Waals surface area (Å²) in [6.07, 6.45) is 0. The van der Waals surface area contributed by atoms with Crippen molar-refractivity contribution in [3.05, 3.63) is 127 Å². The van der Waals surface area contributed by atoms with E-state index in [4.69, 9.17) is 0 Å². The summed E-state index contributed by atoms with van der Waals surface area (Å²) in [7, 11) is -3.02. The summed E-state index contributed by atoms with van der Waals surface area (Å²) >= 11 is 4.93. The third-order valence-electron chi connectivity index (χ3n) is 5.88. The van der Waals surface area contributed by atoms with Crippen molar-refractivity contribution in [1.82, 2.24) is 0 Å². The zero-order valence-corrected chi connectivity index (χ0v) is 22.0. The van der Waals surface area contributed by atoms with Gasteiger partial charge in [-0.3, -0.25) is 0 Å². The van der Waals surface area contributed by atoms with Crippen molar-refractivity contribution >= 4 is 55.0 Å². The van der Waals surface area contributed by atoms with Crippen molar-refractivity contribution in [3.8, 4) is 31.3 Å². The van der Waals surface area contributed by atoms with Gasteiger partial charge in [0.05, 0.1) is 13.9 Å². The lowest BCUT2D eigenvalue weighted by Crippen LogP contribution is -2.18. The molecule has 0 saturated heterocycles. The molecular formula is C30H21OPS3. The molecule has 0 amide bonds. The quantitative estimate of drug-likeness (QED) is 0.200. The second kappa shape index (κ2) is 9.56. The van der Waals surface area contributed by atoms with Gasteiger partial charge in [-0.05, 0) is 53.1 Å². The van der Waals surface area contributed by atoms with Gasteiger partial charge in [0.2, 0.25) is 0 Å². The Morgan fingerprint density at radius 3 is 0.943 bits per heavy atom. The minimum absolute atomic E-state index is 0.930. The Balaban J connectivity index is 1.49. The van der Waals surface area contributed by atoms with E-state index in [0.717, 1.165) is 45.2 Å². The number of rotatable bonds is 6. The van der Waals surface area contributed by atoms with Crippen molar-refractivity contribution in [2.75, 3.05) is 0 Å². The average Bonchev–Trinajstić information content (AvgIpc) is 3.71. The predicted octanol–water partition coefficient (Wildman–Crippen LogP) is 8.51. The molecule has 6 rings (SSSR count). The minimum atomic E-state index is -3.02. The molecule has 0 radical (unpaired) electrons. The normalized spacial score (nSPS) is 11.5. The molecule has 6 aromatic rings. The largest absolute Gasteiger partial charge is 0.306 e. The van der Waals surface area contributed by atoms with Gasteiger partial charge in [0.15, 0.2) is 7.14 Å². The molecule has 0 N–H and O–H groups in total. The van der Waals surface area contributed by atoms with Crippen molar-refractivity contribution in [2.45, 2.75) is 0 Å². The van der Waals surface area contributed by atoms with Crippen LogP contribution >= 0.6 is 41.2 Å². The maximum Gasteiger partial charge on any atom is 0.199 e. The smallest absolute Gasteiger partial charge is 0.199 e. The summed E-state index contributed by atoms with van der Waals surface area (Å²) in [6.45, 7) is 0. The fourth-order valence-corrected chi connectivity index (χ4v) is 12.6. The van der Waals surface area contributed by atoms with Crippen LogP contribution < -0.4 is 13.9 Å². The topological polar surface area (TPSA) is 17.1 Å². The summed E-state index contributed by atoms with van der Waals surface area (Å²) < 4.78 is 18.0. The van der Waals surface area contributed by atoms with Gasteiger partial charge in [-0.2, -0.15) is 0 Å². The third-order valence-corrected chi connectivity index (χ3v) is 14.1. The lowest BCUT2D eigenvalue weighted by Gasteiger charge is -2.14. The van der Waals surface area contributed by atoms with Crippen LogP contribution in [0.1, 0.15) is 0 Å². The van der Waals surface area contributed by atoms with E-state index in [-0.39, 0.29) is 0 Å². The van der Waals surface area contributed by atoms with Gasteiger partial charge in [0, 0.05) is 14.6 Å². The van der Waals surface area contributed by atoms with Crippen molar-refractivity contribution in [2.24, 2.45) is 0 Å². The summed E-state index contributed by atoms with van der Waals surface area (Å²) in [5.41, 5.74) is 3.47. The highest BCUT2D eigenvalue weighted by Crippen LogP contribution is 2.50. The first-order valence-electron chi connectivity index (χ1n) is 11.3. The second-order valence-electron chi connectivity index (χ2n) is 8.12. The van der Waals surface area contributed by atoms with Gasteiger partial charge in [0.25, 0.3) is 0 Å². The molecule has 3 aromatic heterocycles. The number of benzene rings is 3. The summed E-state index contributed by atoms with van der Waals surface area (Å²) in [5.74, 6) is 0. The summed E-state index contributed by atoms with van der Waals surface area (Å²) in [4.78, 5) is 3.42. The Bertz CT molecular complexity index is 1420. The summed E-state index contributed by atoms with van der Waals surface area (Å²) in [5, 5.41) is 0. The lowest BCUT2D eigenvalue weighted by atomic mass is 10.2. The highest BCUT2D eigenvalue weighted by atomic mass is 32.1. The Hall–Kier alpha value is -3.01. The highest BCUT2D eigenvalue weighted by molar-refractivity contribution is 7.95. The molecule has 170 valence electrons. The molecule has 0 saturated carbocycles. The maximum absolute atomic E-state index is 15.2. The van der Waals surface area contributed by atoms with Crippen LogP contribution in [0, 0.1) is 0 Å². The van der Waals surface area contributed by atoms with Crippen LogP contribution in [0.25, 0.3) is 31.3 Å². The first kappa shape index (κ1) is 22.5. The molecule has 35 heavy (non-hydrogen) atoms. The molecule has 0 bridgehead atoms. The van der Waals surface area contributed by atoms with Gasteiger partial charge in [-0.15, -0.1) is 34.0 Å². The van der Waals surface area contributed by atoms with E-state index in [0.29, 0.717) is 0 Å². The number of hydrogen-bond donors (Lipinski definition) is 0. The molecule has 0 aliphatic carbocycles. The second-order valence-corrected chi connectivity index (χ2v) is 14.9. The fraction of sp³-hybridized carbons (Fsp3) is 0. The first-order valence-corrected chi connectivity index (χ1v) is 15.4. The van der Waals surface area contributed by atoms with Crippen molar-refractivity contribution in [3.63, 3.8) is 0 Å². The molecule has 3 aromatic carbocycles. The van der Waals surface area contributed by atoms with E-state index in [9.17, 15) is 0 Å². The van der Waals surface area contributed by atoms with Crippen LogP contribution in [0.5, 0.6) is 0 Å². The van der Waals surface area contributed by atoms with Gasteiger partial charge in [0.1, 0.15) is 0 Å². The van der Waals surface area contributed by atoms with E-state index in [1.54, 1.807) is 34.0 Å². The first-order chi connectivity index (χ1) is 17.2. The highest BCUT2D eigenvalue weighted by Gasteiger charge is 2.35.